The largest absolute Gasteiger partial charge is 0.508 e. The predicted octanol–water partition coefficient (Wildman–Crippen LogP) is 7.93. The highest BCUT2D eigenvalue weighted by atomic mass is 32.1. The summed E-state index contributed by atoms with van der Waals surface area (Å²) >= 11 is 1.58. The molecule has 1 aromatic carbocycles. The number of rotatable bonds is 24. The Hall–Kier alpha value is -3.96. The number of carbonyl (C=O) groups is 3. The zero-order chi connectivity index (χ0) is 51.1. The Bertz CT molecular complexity index is 2100. The lowest BCUT2D eigenvalue weighted by Crippen LogP contribution is -2.57. The van der Waals surface area contributed by atoms with Gasteiger partial charge in [-0.25, -0.2) is 4.98 Å². The molecule has 0 radical (unpaired) electrons. The second-order valence-corrected chi connectivity index (χ2v) is 22.9. The van der Waals surface area contributed by atoms with Crippen molar-refractivity contribution in [3.63, 3.8) is 0 Å². The van der Waals surface area contributed by atoms with Crippen LogP contribution in [0.25, 0.3) is 10.4 Å². The van der Waals surface area contributed by atoms with Gasteiger partial charge in [0.2, 0.25) is 17.7 Å². The van der Waals surface area contributed by atoms with E-state index >= 15 is 0 Å². The average Bonchev–Trinajstić information content (AvgIpc) is 4.03. The number of aromatic nitrogens is 1. The number of fused-ring (bicyclic) bond motifs is 3. The number of β-amino-alcohol motifs (C(OH)–C–C–N with tert-alkyl or cyclic N) is 1. The molecular weight excluding hydrogens is 919 g/mol. The van der Waals surface area contributed by atoms with E-state index in [0.717, 1.165) is 105 Å². The second-order valence-electron chi connectivity index (χ2n) is 22.1. The molecule has 2 aromatic rings. The van der Waals surface area contributed by atoms with Gasteiger partial charge in [0, 0.05) is 32.5 Å². The van der Waals surface area contributed by atoms with Gasteiger partial charge in [0.05, 0.1) is 67.9 Å². The molecule has 15 heteroatoms. The number of likely N-dealkylation sites (N-methyl/N-ethyl adjacent to an activating group) is 1. The second kappa shape index (κ2) is 26.8. The van der Waals surface area contributed by atoms with E-state index in [4.69, 9.17) is 14.2 Å². The highest BCUT2D eigenvalue weighted by Crippen LogP contribution is 2.59. The summed E-state index contributed by atoms with van der Waals surface area (Å²) in [6.07, 6.45) is 15.7. The van der Waals surface area contributed by atoms with Gasteiger partial charge in [0.1, 0.15) is 17.8 Å². The van der Waals surface area contributed by atoms with Crippen LogP contribution in [0.1, 0.15) is 116 Å². The molecule has 9 atom stereocenters. The van der Waals surface area contributed by atoms with Crippen LogP contribution in [-0.4, -0.2) is 138 Å². The zero-order valence-electron chi connectivity index (χ0n) is 43.5. The van der Waals surface area contributed by atoms with Crippen molar-refractivity contribution in [3.05, 3.63) is 77.2 Å². The van der Waals surface area contributed by atoms with Crippen molar-refractivity contribution in [1.82, 2.24) is 25.4 Å². The molecule has 5 N–H and O–H groups in total. The molecule has 0 unspecified atom stereocenters. The summed E-state index contributed by atoms with van der Waals surface area (Å²) in [4.78, 5) is 49.6. The number of likely N-dealkylation sites (tertiary alicyclic amines) is 1. The number of aryl methyl sites for hydroxylation is 1. The van der Waals surface area contributed by atoms with Crippen LogP contribution in [0.15, 0.2) is 65.9 Å². The van der Waals surface area contributed by atoms with Crippen molar-refractivity contribution >= 4 is 29.1 Å². The number of aliphatic hydroxyl groups excluding tert-OH is 3. The van der Waals surface area contributed by atoms with Gasteiger partial charge < -0.3 is 50.0 Å². The SMILES string of the molecule is C=C1/C=C(O)\C=C/C[C@H]2CC[C@]3(C)[C@@H](O)CC[C@H]3[C@@H]2[C@H](CCCCCN(C)CCOCCOCCOCCC(=O)N[C@H](C(=O)N2C[C@H](O)C[C@H]2C(=O)NCc2ccc(-c3scnc3C)cc2)C(C)(C)C)C1. The summed E-state index contributed by atoms with van der Waals surface area (Å²) in [5.74, 6) is 1.40. The number of hydrogen-bond acceptors (Lipinski definition) is 12. The van der Waals surface area contributed by atoms with Crippen LogP contribution < -0.4 is 10.6 Å². The minimum Gasteiger partial charge on any atom is -0.508 e. The maximum Gasteiger partial charge on any atom is 0.246 e. The van der Waals surface area contributed by atoms with Crippen molar-refractivity contribution in [2.75, 3.05) is 66.3 Å². The van der Waals surface area contributed by atoms with E-state index < -0.39 is 29.5 Å². The smallest absolute Gasteiger partial charge is 0.246 e. The number of aliphatic hydroxyl groups is 3. The lowest BCUT2D eigenvalue weighted by molar-refractivity contribution is -0.144. The average molecular weight is 1000 g/mol. The summed E-state index contributed by atoms with van der Waals surface area (Å²) in [6.45, 7) is 18.7. The number of allylic oxidation sites excluding steroid dienone is 4. The van der Waals surface area contributed by atoms with Gasteiger partial charge in [-0.05, 0) is 130 Å². The Morgan fingerprint density at radius 2 is 1.70 bits per heavy atom. The molecule has 2 heterocycles. The molecule has 14 nitrogen and oxygen atoms in total. The molecule has 2 saturated carbocycles. The van der Waals surface area contributed by atoms with Crippen molar-refractivity contribution in [2.24, 2.45) is 34.5 Å². The first-order valence-corrected chi connectivity index (χ1v) is 27.2. The molecule has 71 heavy (non-hydrogen) atoms. The molecule has 0 bridgehead atoms. The summed E-state index contributed by atoms with van der Waals surface area (Å²) in [7, 11) is 2.14. The number of carbonyl (C=O) groups excluding carboxylic acids is 3. The van der Waals surface area contributed by atoms with E-state index in [9.17, 15) is 29.7 Å². The Morgan fingerprint density at radius 1 is 0.986 bits per heavy atom. The van der Waals surface area contributed by atoms with Gasteiger partial charge >= 0.3 is 0 Å². The fourth-order valence-electron chi connectivity index (χ4n) is 11.7. The van der Waals surface area contributed by atoms with Crippen molar-refractivity contribution in [3.8, 4) is 10.4 Å². The van der Waals surface area contributed by atoms with E-state index in [0.29, 0.717) is 62.5 Å². The molecule has 1 aromatic heterocycles. The summed E-state index contributed by atoms with van der Waals surface area (Å²) in [5.41, 5.74) is 5.11. The van der Waals surface area contributed by atoms with E-state index in [1.165, 1.54) is 4.90 Å². The normalized spacial score (nSPS) is 27.4. The van der Waals surface area contributed by atoms with Gasteiger partial charge in [-0.2, -0.15) is 0 Å². The third-order valence-electron chi connectivity index (χ3n) is 15.7. The van der Waals surface area contributed by atoms with E-state index in [1.54, 1.807) is 11.3 Å². The lowest BCUT2D eigenvalue weighted by Gasteiger charge is -2.50. The monoisotopic (exact) mass is 1000 g/mol. The lowest BCUT2D eigenvalue weighted by atomic mass is 9.55. The number of unbranched alkanes of at least 4 members (excludes halogenated alkanes) is 2. The third-order valence-corrected chi connectivity index (χ3v) is 16.7. The van der Waals surface area contributed by atoms with Crippen molar-refractivity contribution < 1.29 is 43.9 Å². The number of nitrogens with zero attached hydrogens (tertiary/aromatic N) is 3. The van der Waals surface area contributed by atoms with E-state index in [-0.39, 0.29) is 55.9 Å². The summed E-state index contributed by atoms with van der Waals surface area (Å²) < 4.78 is 17.2. The van der Waals surface area contributed by atoms with Crippen LogP contribution in [0.3, 0.4) is 0 Å². The first kappa shape index (κ1) is 56.3. The molecule has 1 aliphatic heterocycles. The quantitative estimate of drug-likeness (QED) is 0.0645. The maximum absolute atomic E-state index is 14.0. The number of thiazole rings is 1. The highest BCUT2D eigenvalue weighted by molar-refractivity contribution is 7.13. The number of amides is 3. The van der Waals surface area contributed by atoms with Gasteiger partial charge in [0.25, 0.3) is 0 Å². The molecule has 0 spiro atoms. The number of hydrogen-bond donors (Lipinski definition) is 5. The number of nitrogens with one attached hydrogen (secondary N) is 2. The van der Waals surface area contributed by atoms with Crippen LogP contribution in [-0.2, 0) is 35.1 Å². The summed E-state index contributed by atoms with van der Waals surface area (Å²) in [6, 6.07) is 6.14. The first-order chi connectivity index (χ1) is 33.9. The standard InChI is InChI=1S/C56H85N5O9S/c1-38-32-43(50-41(13-11-14-44(62)33-38)21-23-56(6)46(50)19-20-48(56)64)12-9-8-10-24-60(7)25-27-69-29-31-70-30-28-68-26-22-49(65)59-52(55(3,4)5)54(67)61-36-45(63)34-47(61)53(66)57-35-40-15-17-42(18-16-40)51-39(2)58-37-71-51/h11,14-18,33,37,41,43,45-48,50,52,62-64H,1,8-10,12-13,19-32,34-36H2,2-7H3,(H,57,66)(H,59,65)/b14-11-,44-33+/t41-,43+,45+,46-,47-,48-,50-,52+,56-/m0/s1. The molecule has 3 amide bonds. The van der Waals surface area contributed by atoms with Crippen LogP contribution in [0.5, 0.6) is 0 Å². The fourth-order valence-corrected chi connectivity index (χ4v) is 12.5. The summed E-state index contributed by atoms with van der Waals surface area (Å²) in [5, 5.41) is 37.9. The first-order valence-electron chi connectivity index (χ1n) is 26.3. The van der Waals surface area contributed by atoms with Crippen LogP contribution >= 0.6 is 11.3 Å². The van der Waals surface area contributed by atoms with E-state index in [1.807, 2.05) is 69.6 Å². The predicted molar refractivity (Wildman–Crippen MR) is 279 cm³/mol. The Balaban J connectivity index is 0.807. The molecule has 4 aliphatic rings. The van der Waals surface area contributed by atoms with Gasteiger partial charge in [-0.1, -0.05) is 83.0 Å². The Kier molecular flexibility index (Phi) is 21.3. The molecule has 6 rings (SSSR count). The Labute approximate surface area is 427 Å². The third kappa shape index (κ3) is 16.0. The molecule has 1 saturated heterocycles. The molecular formula is C56H85N5O9S. The number of ether oxygens (including phenoxy) is 3. The van der Waals surface area contributed by atoms with Gasteiger partial charge in [-0.15, -0.1) is 11.3 Å². The fraction of sp³-hybridized carbons (Fsp3) is 0.679. The van der Waals surface area contributed by atoms with E-state index in [2.05, 4.69) is 47.1 Å². The molecule has 3 fully saturated rings. The topological polar surface area (TPSA) is 183 Å². The van der Waals surface area contributed by atoms with Crippen molar-refractivity contribution in [1.29, 1.82) is 0 Å². The van der Waals surface area contributed by atoms with Gasteiger partial charge in [0.15, 0.2) is 0 Å². The van der Waals surface area contributed by atoms with Crippen LogP contribution in [0.2, 0.25) is 0 Å². The minimum absolute atomic E-state index is 0.00713. The zero-order valence-corrected chi connectivity index (χ0v) is 44.4. The maximum atomic E-state index is 14.0. The molecule has 3 aliphatic carbocycles. The number of benzene rings is 1. The van der Waals surface area contributed by atoms with Crippen molar-refractivity contribution in [2.45, 2.75) is 143 Å². The van der Waals surface area contributed by atoms with Crippen LogP contribution in [0, 0.1) is 41.4 Å². The molecule has 394 valence electrons. The van der Waals surface area contributed by atoms with Crippen LogP contribution in [0.4, 0.5) is 0 Å². The highest BCUT2D eigenvalue weighted by Gasteiger charge is 2.54. The van der Waals surface area contributed by atoms with Gasteiger partial charge in [-0.3, -0.25) is 14.4 Å². The Morgan fingerprint density at radius 3 is 2.41 bits per heavy atom. The minimum atomic E-state index is -0.913.